The Morgan fingerprint density at radius 3 is 2.77 bits per heavy atom. The summed E-state index contributed by atoms with van der Waals surface area (Å²) in [6.45, 7) is 2.77. The summed E-state index contributed by atoms with van der Waals surface area (Å²) in [6, 6.07) is 4.03. The van der Waals surface area contributed by atoms with Crippen LogP contribution in [-0.4, -0.2) is 6.54 Å². The van der Waals surface area contributed by atoms with Gasteiger partial charge in [-0.1, -0.05) is 27.5 Å². The molecule has 3 heteroatoms. The molecule has 0 aliphatic heterocycles. The second kappa shape index (κ2) is 4.99. The number of hydrogen-bond donors (Lipinski definition) is 1. The molecule has 0 aromatic heterocycles. The highest BCUT2D eigenvalue weighted by atomic mass is 79.9. The lowest BCUT2D eigenvalue weighted by molar-refractivity contribution is 0.827. The van der Waals surface area contributed by atoms with Gasteiger partial charge in [-0.3, -0.25) is 0 Å². The molecule has 0 aliphatic rings. The van der Waals surface area contributed by atoms with Crippen LogP contribution in [0.15, 0.2) is 16.6 Å². The molecule has 0 spiro atoms. The van der Waals surface area contributed by atoms with Gasteiger partial charge in [0, 0.05) is 9.50 Å². The van der Waals surface area contributed by atoms with Crippen LogP contribution in [0.3, 0.4) is 0 Å². The molecule has 13 heavy (non-hydrogen) atoms. The van der Waals surface area contributed by atoms with Gasteiger partial charge in [0.2, 0.25) is 0 Å². The lowest BCUT2D eigenvalue weighted by Crippen LogP contribution is -2.01. The highest BCUT2D eigenvalue weighted by Gasteiger charge is 2.03. The monoisotopic (exact) mass is 261 g/mol. The van der Waals surface area contributed by atoms with E-state index in [0.29, 0.717) is 0 Å². The van der Waals surface area contributed by atoms with Gasteiger partial charge >= 0.3 is 0 Å². The molecule has 0 aliphatic carbocycles. The molecule has 0 saturated carbocycles. The van der Waals surface area contributed by atoms with E-state index in [0.717, 1.165) is 28.9 Å². The third-order valence-corrected chi connectivity index (χ3v) is 2.92. The first-order chi connectivity index (χ1) is 6.15. The summed E-state index contributed by atoms with van der Waals surface area (Å²) in [5.74, 6) is 0. The topological polar surface area (TPSA) is 26.0 Å². The Hall–Kier alpha value is -0.0500. The van der Waals surface area contributed by atoms with Crippen molar-refractivity contribution in [3.63, 3.8) is 0 Å². The Bertz CT molecular complexity index is 299. The first-order valence-corrected chi connectivity index (χ1v) is 5.47. The summed E-state index contributed by atoms with van der Waals surface area (Å²) in [5, 5.41) is 0.821. The summed E-state index contributed by atoms with van der Waals surface area (Å²) in [6.07, 6.45) is 2.01. The zero-order valence-electron chi connectivity index (χ0n) is 7.61. The molecule has 0 bridgehead atoms. The Labute approximate surface area is 92.4 Å². The highest BCUT2D eigenvalue weighted by Crippen LogP contribution is 2.25. The SMILES string of the molecule is Cc1c(Cl)cc(Br)cc1CCCN. The van der Waals surface area contributed by atoms with Gasteiger partial charge in [-0.25, -0.2) is 0 Å². The van der Waals surface area contributed by atoms with E-state index in [-0.39, 0.29) is 0 Å². The maximum Gasteiger partial charge on any atom is 0.0449 e. The number of aryl methyl sites for hydroxylation is 1. The van der Waals surface area contributed by atoms with Crippen LogP contribution in [0.5, 0.6) is 0 Å². The van der Waals surface area contributed by atoms with E-state index in [1.165, 1.54) is 11.1 Å². The van der Waals surface area contributed by atoms with Crippen molar-refractivity contribution in [3.05, 3.63) is 32.8 Å². The van der Waals surface area contributed by atoms with Gasteiger partial charge in [-0.2, -0.15) is 0 Å². The first kappa shape index (κ1) is 11.0. The molecular formula is C10H13BrClN. The number of hydrogen-bond acceptors (Lipinski definition) is 1. The third-order valence-electron chi connectivity index (χ3n) is 2.07. The van der Waals surface area contributed by atoms with Gasteiger partial charge in [-0.15, -0.1) is 0 Å². The molecule has 1 rings (SSSR count). The van der Waals surface area contributed by atoms with Crippen LogP contribution >= 0.6 is 27.5 Å². The van der Waals surface area contributed by atoms with Crippen molar-refractivity contribution in [1.29, 1.82) is 0 Å². The van der Waals surface area contributed by atoms with Gasteiger partial charge in [0.05, 0.1) is 0 Å². The lowest BCUT2D eigenvalue weighted by atomic mass is 10.0. The van der Waals surface area contributed by atoms with Crippen molar-refractivity contribution < 1.29 is 0 Å². The van der Waals surface area contributed by atoms with Crippen molar-refractivity contribution in [1.82, 2.24) is 0 Å². The molecular weight excluding hydrogens is 249 g/mol. The van der Waals surface area contributed by atoms with Crippen LogP contribution in [0.4, 0.5) is 0 Å². The predicted molar refractivity (Wildman–Crippen MR) is 61.3 cm³/mol. The van der Waals surface area contributed by atoms with Crippen LogP contribution in [0, 0.1) is 6.92 Å². The maximum atomic E-state index is 6.04. The quantitative estimate of drug-likeness (QED) is 0.889. The summed E-state index contributed by atoms with van der Waals surface area (Å²) in [7, 11) is 0. The Morgan fingerprint density at radius 1 is 1.46 bits per heavy atom. The highest BCUT2D eigenvalue weighted by molar-refractivity contribution is 9.10. The van der Waals surface area contributed by atoms with Gasteiger partial charge in [-0.05, 0) is 49.6 Å². The molecule has 2 N–H and O–H groups in total. The van der Waals surface area contributed by atoms with E-state index in [2.05, 4.69) is 22.0 Å². The number of nitrogens with two attached hydrogens (primary N) is 1. The van der Waals surface area contributed by atoms with Crippen molar-refractivity contribution in [2.45, 2.75) is 19.8 Å². The minimum absolute atomic E-state index is 0.726. The first-order valence-electron chi connectivity index (χ1n) is 4.29. The Morgan fingerprint density at radius 2 is 2.15 bits per heavy atom. The Kier molecular flexibility index (Phi) is 4.23. The second-order valence-corrected chi connectivity index (χ2v) is 4.39. The molecule has 1 nitrogen and oxygen atoms in total. The molecule has 0 saturated heterocycles. The molecule has 0 fully saturated rings. The van der Waals surface area contributed by atoms with E-state index in [9.17, 15) is 0 Å². The predicted octanol–water partition coefficient (Wildman–Crippen LogP) is 3.30. The fourth-order valence-electron chi connectivity index (χ4n) is 1.25. The normalized spacial score (nSPS) is 10.5. The summed E-state index contributed by atoms with van der Waals surface area (Å²) < 4.78 is 1.04. The largest absolute Gasteiger partial charge is 0.330 e. The minimum Gasteiger partial charge on any atom is -0.330 e. The molecule has 1 aromatic carbocycles. The average Bonchev–Trinajstić information content (AvgIpc) is 2.09. The molecule has 0 amide bonds. The lowest BCUT2D eigenvalue weighted by Gasteiger charge is -2.07. The van der Waals surface area contributed by atoms with Crippen LogP contribution in [0.1, 0.15) is 17.5 Å². The number of rotatable bonds is 3. The van der Waals surface area contributed by atoms with Crippen LogP contribution < -0.4 is 5.73 Å². The number of halogens is 2. The van der Waals surface area contributed by atoms with E-state index < -0.39 is 0 Å². The summed E-state index contributed by atoms with van der Waals surface area (Å²) >= 11 is 9.46. The maximum absolute atomic E-state index is 6.04. The van der Waals surface area contributed by atoms with Crippen molar-refractivity contribution in [3.8, 4) is 0 Å². The molecule has 0 unspecified atom stereocenters. The van der Waals surface area contributed by atoms with Gasteiger partial charge in [0.15, 0.2) is 0 Å². The smallest absolute Gasteiger partial charge is 0.0449 e. The van der Waals surface area contributed by atoms with Gasteiger partial charge in [0.1, 0.15) is 0 Å². The molecule has 72 valence electrons. The number of benzene rings is 1. The van der Waals surface area contributed by atoms with E-state index in [1.807, 2.05) is 13.0 Å². The zero-order chi connectivity index (χ0) is 9.84. The van der Waals surface area contributed by atoms with E-state index >= 15 is 0 Å². The van der Waals surface area contributed by atoms with Crippen LogP contribution in [0.2, 0.25) is 5.02 Å². The third kappa shape index (κ3) is 2.97. The van der Waals surface area contributed by atoms with Crippen molar-refractivity contribution in [2.24, 2.45) is 5.73 Å². The second-order valence-electron chi connectivity index (χ2n) is 3.06. The van der Waals surface area contributed by atoms with E-state index in [1.54, 1.807) is 0 Å². The van der Waals surface area contributed by atoms with Gasteiger partial charge in [0.25, 0.3) is 0 Å². The summed E-state index contributed by atoms with van der Waals surface area (Å²) in [5.41, 5.74) is 7.91. The van der Waals surface area contributed by atoms with E-state index in [4.69, 9.17) is 17.3 Å². The summed E-state index contributed by atoms with van der Waals surface area (Å²) in [4.78, 5) is 0. The molecule has 0 atom stereocenters. The zero-order valence-corrected chi connectivity index (χ0v) is 9.95. The molecule has 0 radical (unpaired) electrons. The average molecular weight is 263 g/mol. The fraction of sp³-hybridized carbons (Fsp3) is 0.400. The van der Waals surface area contributed by atoms with Crippen LogP contribution in [-0.2, 0) is 6.42 Å². The van der Waals surface area contributed by atoms with Gasteiger partial charge < -0.3 is 5.73 Å². The standard InChI is InChI=1S/C10H13BrClN/c1-7-8(3-2-4-13)5-9(11)6-10(7)12/h5-6H,2-4,13H2,1H3. The fourth-order valence-corrected chi connectivity index (χ4v) is 2.13. The van der Waals surface area contributed by atoms with Crippen molar-refractivity contribution in [2.75, 3.05) is 6.54 Å². The minimum atomic E-state index is 0.726. The molecule has 1 aromatic rings. The van der Waals surface area contributed by atoms with Crippen molar-refractivity contribution >= 4 is 27.5 Å². The Balaban J connectivity index is 2.92. The molecule has 0 heterocycles. The van der Waals surface area contributed by atoms with Crippen LogP contribution in [0.25, 0.3) is 0 Å².